The van der Waals surface area contributed by atoms with Crippen LogP contribution in [0.5, 0.6) is 0 Å². The molecule has 1 heterocycles. The Morgan fingerprint density at radius 2 is 2.05 bits per heavy atom. The Balaban J connectivity index is 1.94. The van der Waals surface area contributed by atoms with Crippen molar-refractivity contribution >= 4 is 5.69 Å². The Morgan fingerprint density at radius 1 is 1.20 bits per heavy atom. The molecule has 1 N–H and O–H groups in total. The predicted octanol–water partition coefficient (Wildman–Crippen LogP) is 4.03. The zero-order valence-electron chi connectivity index (χ0n) is 12.9. The maximum absolute atomic E-state index is 11.6. The first-order valence-electron chi connectivity index (χ1n) is 8.20. The fourth-order valence-electron chi connectivity index (χ4n) is 3.32. The molecule has 2 atom stereocenters. The summed E-state index contributed by atoms with van der Waals surface area (Å²) in [7, 11) is 0. The summed E-state index contributed by atoms with van der Waals surface area (Å²) in [5, 5.41) is 3.63. The fraction of sp³-hybridized carbons (Fsp3) is 0.706. The lowest BCUT2D eigenvalue weighted by molar-refractivity contribution is 0.422. The van der Waals surface area contributed by atoms with Crippen molar-refractivity contribution in [3.63, 3.8) is 0 Å². The van der Waals surface area contributed by atoms with Gasteiger partial charge < -0.3 is 9.88 Å². The van der Waals surface area contributed by atoms with Crippen LogP contribution in [0.4, 0.5) is 5.69 Å². The average molecular weight is 276 g/mol. The minimum atomic E-state index is 0.0851. The highest BCUT2D eigenvalue weighted by Gasteiger charge is 2.18. The van der Waals surface area contributed by atoms with Crippen molar-refractivity contribution in [2.45, 2.75) is 71.4 Å². The van der Waals surface area contributed by atoms with Gasteiger partial charge in [0.1, 0.15) is 0 Å². The summed E-state index contributed by atoms with van der Waals surface area (Å²) in [6.45, 7) is 5.03. The SMILES string of the molecule is CCCC1CCCC(Nc2ccc(=O)n(CC)c2)CC1. The minimum absolute atomic E-state index is 0.0851. The quantitative estimate of drug-likeness (QED) is 0.824. The van der Waals surface area contributed by atoms with E-state index in [-0.39, 0.29) is 5.56 Å². The summed E-state index contributed by atoms with van der Waals surface area (Å²) in [4.78, 5) is 11.6. The monoisotopic (exact) mass is 276 g/mol. The van der Waals surface area contributed by atoms with Gasteiger partial charge in [-0.2, -0.15) is 0 Å². The first-order chi connectivity index (χ1) is 9.72. The molecular weight excluding hydrogens is 248 g/mol. The van der Waals surface area contributed by atoms with Crippen LogP contribution in [0, 0.1) is 5.92 Å². The highest BCUT2D eigenvalue weighted by Crippen LogP contribution is 2.28. The standard InChI is InChI=1S/C17H28N2O/c1-3-6-14-7-5-8-15(10-9-14)18-16-11-12-17(20)19(4-2)13-16/h11-15,18H,3-10H2,1-2H3. The Labute approximate surface area is 122 Å². The van der Waals surface area contributed by atoms with Crippen LogP contribution >= 0.6 is 0 Å². The van der Waals surface area contributed by atoms with Crippen molar-refractivity contribution in [3.05, 3.63) is 28.7 Å². The van der Waals surface area contributed by atoms with Crippen molar-refractivity contribution in [2.24, 2.45) is 5.92 Å². The normalized spacial score (nSPS) is 23.3. The van der Waals surface area contributed by atoms with Crippen molar-refractivity contribution in [1.82, 2.24) is 4.57 Å². The largest absolute Gasteiger partial charge is 0.381 e. The molecule has 2 unspecified atom stereocenters. The molecule has 1 fully saturated rings. The number of hydrogen-bond acceptors (Lipinski definition) is 2. The van der Waals surface area contributed by atoms with Gasteiger partial charge in [-0.15, -0.1) is 0 Å². The maximum atomic E-state index is 11.6. The molecule has 1 aliphatic carbocycles. The molecule has 0 bridgehead atoms. The lowest BCUT2D eigenvalue weighted by Gasteiger charge is -2.18. The summed E-state index contributed by atoms with van der Waals surface area (Å²) < 4.78 is 1.76. The highest BCUT2D eigenvalue weighted by atomic mass is 16.1. The first kappa shape index (κ1) is 15.1. The summed E-state index contributed by atoms with van der Waals surface area (Å²) in [6, 6.07) is 4.16. The number of aryl methyl sites for hydroxylation is 1. The van der Waals surface area contributed by atoms with Crippen molar-refractivity contribution in [1.29, 1.82) is 0 Å². The van der Waals surface area contributed by atoms with Crippen LogP contribution in [0.3, 0.4) is 0 Å². The number of nitrogens with one attached hydrogen (secondary N) is 1. The zero-order chi connectivity index (χ0) is 14.4. The van der Waals surface area contributed by atoms with Gasteiger partial charge >= 0.3 is 0 Å². The van der Waals surface area contributed by atoms with Gasteiger partial charge in [0.05, 0.1) is 5.69 Å². The Bertz CT molecular complexity index is 466. The molecule has 0 aliphatic heterocycles. The van der Waals surface area contributed by atoms with E-state index >= 15 is 0 Å². The molecule has 1 saturated carbocycles. The van der Waals surface area contributed by atoms with E-state index in [2.05, 4.69) is 12.2 Å². The zero-order valence-corrected chi connectivity index (χ0v) is 12.9. The molecule has 3 nitrogen and oxygen atoms in total. The van der Waals surface area contributed by atoms with Gasteiger partial charge in [-0.25, -0.2) is 0 Å². The van der Waals surface area contributed by atoms with Crippen molar-refractivity contribution < 1.29 is 0 Å². The third-order valence-corrected chi connectivity index (χ3v) is 4.48. The molecule has 1 aliphatic rings. The predicted molar refractivity (Wildman–Crippen MR) is 85.3 cm³/mol. The molecule has 0 spiro atoms. The third kappa shape index (κ3) is 4.12. The van der Waals surface area contributed by atoms with Crippen LogP contribution < -0.4 is 10.9 Å². The molecule has 2 rings (SSSR count). The minimum Gasteiger partial charge on any atom is -0.381 e. The number of nitrogens with zero attached hydrogens (tertiary/aromatic N) is 1. The molecule has 0 saturated heterocycles. The Kier molecular flexibility index (Phi) is 5.69. The second kappa shape index (κ2) is 7.51. The second-order valence-corrected chi connectivity index (χ2v) is 6.05. The van der Waals surface area contributed by atoms with Crippen LogP contribution in [-0.2, 0) is 6.54 Å². The molecule has 20 heavy (non-hydrogen) atoms. The topological polar surface area (TPSA) is 34.0 Å². The number of hydrogen-bond donors (Lipinski definition) is 1. The Morgan fingerprint density at radius 3 is 2.80 bits per heavy atom. The molecule has 0 radical (unpaired) electrons. The molecule has 0 amide bonds. The molecule has 3 heteroatoms. The Hall–Kier alpha value is -1.25. The second-order valence-electron chi connectivity index (χ2n) is 6.05. The van der Waals surface area contributed by atoms with E-state index in [1.165, 1.54) is 44.9 Å². The third-order valence-electron chi connectivity index (χ3n) is 4.48. The van der Waals surface area contributed by atoms with E-state index < -0.39 is 0 Å². The first-order valence-corrected chi connectivity index (χ1v) is 8.20. The van der Waals surface area contributed by atoms with Crippen molar-refractivity contribution in [2.75, 3.05) is 5.32 Å². The lowest BCUT2D eigenvalue weighted by Crippen LogP contribution is -2.22. The summed E-state index contributed by atoms with van der Waals surface area (Å²) >= 11 is 0. The van der Waals surface area contributed by atoms with E-state index in [9.17, 15) is 4.79 Å². The number of anilines is 1. The van der Waals surface area contributed by atoms with E-state index in [0.717, 1.165) is 18.2 Å². The van der Waals surface area contributed by atoms with Crippen molar-refractivity contribution in [3.8, 4) is 0 Å². The fourth-order valence-corrected chi connectivity index (χ4v) is 3.32. The van der Waals surface area contributed by atoms with Gasteiger partial charge in [0.25, 0.3) is 5.56 Å². The van der Waals surface area contributed by atoms with Gasteiger partial charge in [-0.05, 0) is 38.2 Å². The van der Waals surface area contributed by atoms with Crippen LogP contribution in [0.25, 0.3) is 0 Å². The molecular formula is C17H28N2O. The molecule has 1 aromatic rings. The summed E-state index contributed by atoms with van der Waals surface area (Å²) in [5.41, 5.74) is 1.17. The van der Waals surface area contributed by atoms with Crippen LogP contribution in [0.1, 0.15) is 58.8 Å². The van der Waals surface area contributed by atoms with E-state index in [1.807, 2.05) is 19.2 Å². The molecule has 112 valence electrons. The van der Waals surface area contributed by atoms with Crippen LogP contribution in [0.15, 0.2) is 23.1 Å². The number of rotatable bonds is 5. The average Bonchev–Trinajstić information content (AvgIpc) is 2.67. The van der Waals surface area contributed by atoms with Crippen LogP contribution in [0.2, 0.25) is 0 Å². The maximum Gasteiger partial charge on any atom is 0.250 e. The van der Waals surface area contributed by atoms with Gasteiger partial charge in [-0.1, -0.05) is 32.6 Å². The summed E-state index contributed by atoms with van der Waals surface area (Å²) in [5.74, 6) is 0.927. The smallest absolute Gasteiger partial charge is 0.250 e. The van der Waals surface area contributed by atoms with Gasteiger partial charge in [0.2, 0.25) is 0 Å². The van der Waals surface area contributed by atoms with E-state index in [1.54, 1.807) is 10.6 Å². The highest BCUT2D eigenvalue weighted by molar-refractivity contribution is 5.41. The van der Waals surface area contributed by atoms with Gasteiger partial charge in [-0.3, -0.25) is 4.79 Å². The van der Waals surface area contributed by atoms with Gasteiger partial charge in [0, 0.05) is 24.8 Å². The molecule has 1 aromatic heterocycles. The lowest BCUT2D eigenvalue weighted by atomic mass is 9.95. The number of pyridine rings is 1. The summed E-state index contributed by atoms with van der Waals surface area (Å²) in [6.07, 6.45) is 11.2. The van der Waals surface area contributed by atoms with E-state index in [4.69, 9.17) is 0 Å². The van der Waals surface area contributed by atoms with E-state index in [0.29, 0.717) is 6.04 Å². The molecule has 0 aromatic carbocycles. The van der Waals surface area contributed by atoms with Gasteiger partial charge in [0.15, 0.2) is 0 Å². The van der Waals surface area contributed by atoms with Crippen LogP contribution in [-0.4, -0.2) is 10.6 Å². The number of aromatic nitrogens is 1.